The highest BCUT2D eigenvalue weighted by molar-refractivity contribution is 7.81. The molecule has 0 spiro atoms. The first-order chi connectivity index (χ1) is 9.17. The Morgan fingerprint density at radius 3 is 1.74 bits per heavy atom. The molecule has 0 aromatic carbocycles. The van der Waals surface area contributed by atoms with Crippen LogP contribution in [-0.4, -0.2) is 5.25 Å². The molecule has 0 bridgehead atoms. The zero-order chi connectivity index (χ0) is 14.5. The van der Waals surface area contributed by atoms with Crippen molar-refractivity contribution in [2.45, 2.75) is 104 Å². The van der Waals surface area contributed by atoms with Gasteiger partial charge in [0, 0.05) is 5.25 Å². The van der Waals surface area contributed by atoms with E-state index in [1.165, 1.54) is 70.6 Å². The number of unbranched alkanes of at least 4 members (excludes halogenated alkanes) is 6. The minimum Gasteiger partial charge on any atom is -0.176 e. The van der Waals surface area contributed by atoms with Crippen LogP contribution in [-0.2, 0) is 0 Å². The molecule has 0 amide bonds. The van der Waals surface area contributed by atoms with Gasteiger partial charge in [-0.25, -0.2) is 0 Å². The average Bonchev–Trinajstić information content (AvgIpc) is 2.42. The van der Waals surface area contributed by atoms with Gasteiger partial charge in [0.1, 0.15) is 0 Å². The van der Waals surface area contributed by atoms with E-state index in [1.54, 1.807) is 0 Å². The Balaban J connectivity index is 4.01. The van der Waals surface area contributed by atoms with Crippen molar-refractivity contribution in [1.29, 1.82) is 0 Å². The molecule has 1 heteroatoms. The maximum atomic E-state index is 4.85. The van der Waals surface area contributed by atoms with Crippen LogP contribution in [0.1, 0.15) is 98.3 Å². The molecule has 116 valence electrons. The molecule has 3 atom stereocenters. The molecule has 0 rings (SSSR count). The fraction of sp³-hybridized carbons (Fsp3) is 1.00. The predicted molar refractivity (Wildman–Crippen MR) is 93.2 cm³/mol. The van der Waals surface area contributed by atoms with Crippen molar-refractivity contribution in [3.05, 3.63) is 0 Å². The molecule has 0 saturated carbocycles. The lowest BCUT2D eigenvalue weighted by molar-refractivity contribution is 0.289. The summed E-state index contributed by atoms with van der Waals surface area (Å²) in [6.07, 6.45) is 15.2. The van der Waals surface area contributed by atoms with Gasteiger partial charge in [-0.1, -0.05) is 85.5 Å². The van der Waals surface area contributed by atoms with E-state index in [1.807, 2.05) is 0 Å². The Bertz CT molecular complexity index is 179. The van der Waals surface area contributed by atoms with Crippen LogP contribution in [0, 0.1) is 11.8 Å². The summed E-state index contributed by atoms with van der Waals surface area (Å²) >= 11 is 4.85. The van der Waals surface area contributed by atoms with Crippen LogP contribution < -0.4 is 0 Å². The molecule has 0 aliphatic rings. The quantitative estimate of drug-likeness (QED) is 0.276. The molecule has 3 unspecified atom stereocenters. The molecule has 0 aromatic heterocycles. The van der Waals surface area contributed by atoms with E-state index in [2.05, 4.69) is 27.7 Å². The van der Waals surface area contributed by atoms with Crippen LogP contribution in [0.3, 0.4) is 0 Å². The second kappa shape index (κ2) is 13.3. The van der Waals surface area contributed by atoms with Gasteiger partial charge in [0.25, 0.3) is 0 Å². The highest BCUT2D eigenvalue weighted by Crippen LogP contribution is 2.31. The van der Waals surface area contributed by atoms with Crippen LogP contribution in [0.15, 0.2) is 0 Å². The predicted octanol–water partition coefficient (Wildman–Crippen LogP) is 6.89. The summed E-state index contributed by atoms with van der Waals surface area (Å²) in [6.45, 7) is 9.35. The van der Waals surface area contributed by atoms with E-state index in [0.717, 1.165) is 11.8 Å². The van der Waals surface area contributed by atoms with Gasteiger partial charge in [-0.15, -0.1) is 0 Å². The van der Waals surface area contributed by atoms with Gasteiger partial charge in [0.15, 0.2) is 0 Å². The summed E-state index contributed by atoms with van der Waals surface area (Å²) in [7, 11) is 0. The van der Waals surface area contributed by atoms with E-state index >= 15 is 0 Å². The van der Waals surface area contributed by atoms with Gasteiger partial charge in [0.05, 0.1) is 0 Å². The Morgan fingerprint density at radius 1 is 0.737 bits per heavy atom. The fourth-order valence-electron chi connectivity index (χ4n) is 3.07. The molecule has 19 heavy (non-hydrogen) atoms. The van der Waals surface area contributed by atoms with Crippen molar-refractivity contribution < 1.29 is 0 Å². The maximum absolute atomic E-state index is 4.85. The zero-order valence-electron chi connectivity index (χ0n) is 14.0. The molecule has 0 nitrogen and oxygen atoms in total. The summed E-state index contributed by atoms with van der Waals surface area (Å²) in [5, 5.41) is 0.614. The Kier molecular flexibility index (Phi) is 13.6. The molecular weight excluding hydrogens is 248 g/mol. The summed E-state index contributed by atoms with van der Waals surface area (Å²) in [6, 6.07) is 0. The molecule has 0 radical (unpaired) electrons. The highest BCUT2D eigenvalue weighted by atomic mass is 32.1. The molecule has 0 fully saturated rings. The lowest BCUT2D eigenvalue weighted by atomic mass is 9.82. The summed E-state index contributed by atoms with van der Waals surface area (Å²) in [4.78, 5) is 0. The average molecular weight is 287 g/mol. The lowest BCUT2D eigenvalue weighted by Gasteiger charge is -2.29. The number of rotatable bonds is 13. The lowest BCUT2D eigenvalue weighted by Crippen LogP contribution is -2.22. The van der Waals surface area contributed by atoms with Crippen molar-refractivity contribution in [2.75, 3.05) is 0 Å². The molecule has 0 aliphatic heterocycles. The highest BCUT2D eigenvalue weighted by Gasteiger charge is 2.22. The molecule has 0 aromatic rings. The summed E-state index contributed by atoms with van der Waals surface area (Å²) in [5.41, 5.74) is 0. The summed E-state index contributed by atoms with van der Waals surface area (Å²) in [5.74, 6) is 1.70. The second-order valence-corrected chi connectivity index (χ2v) is 6.98. The standard InChI is InChI=1S/C18H38S/c1-5-8-10-12-14-16(4)17(18(19)7-3)15-13-11-9-6-2/h16-19H,5-15H2,1-4H3. The van der Waals surface area contributed by atoms with Gasteiger partial charge in [-0.3, -0.25) is 0 Å². The molecule has 0 aliphatic carbocycles. The first-order valence-electron chi connectivity index (χ1n) is 8.85. The third-order valence-electron chi connectivity index (χ3n) is 4.55. The van der Waals surface area contributed by atoms with E-state index in [9.17, 15) is 0 Å². The SMILES string of the molecule is CCCCCCC(C)C(CCCCCC)C(S)CC. The molecule has 0 heterocycles. The largest absolute Gasteiger partial charge is 0.176 e. The van der Waals surface area contributed by atoms with Gasteiger partial charge in [-0.2, -0.15) is 12.6 Å². The minimum atomic E-state index is 0.614. The van der Waals surface area contributed by atoms with Crippen molar-refractivity contribution >= 4 is 12.6 Å². The van der Waals surface area contributed by atoms with Crippen molar-refractivity contribution in [2.24, 2.45) is 11.8 Å². The third-order valence-corrected chi connectivity index (χ3v) is 5.30. The van der Waals surface area contributed by atoms with E-state index in [4.69, 9.17) is 12.6 Å². The Hall–Kier alpha value is 0.350. The van der Waals surface area contributed by atoms with Gasteiger partial charge >= 0.3 is 0 Å². The Labute approximate surface area is 128 Å². The first-order valence-corrected chi connectivity index (χ1v) is 9.36. The smallest absolute Gasteiger partial charge is 0.00450 e. The first kappa shape index (κ1) is 19.4. The molecule has 0 saturated heterocycles. The minimum absolute atomic E-state index is 0.614. The van der Waals surface area contributed by atoms with Gasteiger partial charge < -0.3 is 0 Å². The summed E-state index contributed by atoms with van der Waals surface area (Å²) < 4.78 is 0. The van der Waals surface area contributed by atoms with E-state index in [0.29, 0.717) is 5.25 Å². The van der Waals surface area contributed by atoms with E-state index < -0.39 is 0 Å². The topological polar surface area (TPSA) is 0 Å². The number of hydrogen-bond donors (Lipinski definition) is 1. The van der Waals surface area contributed by atoms with Crippen LogP contribution >= 0.6 is 12.6 Å². The van der Waals surface area contributed by atoms with Crippen molar-refractivity contribution in [3.8, 4) is 0 Å². The molecular formula is C18H38S. The van der Waals surface area contributed by atoms with Crippen molar-refractivity contribution in [1.82, 2.24) is 0 Å². The van der Waals surface area contributed by atoms with Gasteiger partial charge in [0.2, 0.25) is 0 Å². The van der Waals surface area contributed by atoms with Crippen LogP contribution in [0.4, 0.5) is 0 Å². The zero-order valence-corrected chi connectivity index (χ0v) is 14.9. The van der Waals surface area contributed by atoms with Crippen LogP contribution in [0.25, 0.3) is 0 Å². The monoisotopic (exact) mass is 286 g/mol. The van der Waals surface area contributed by atoms with E-state index in [-0.39, 0.29) is 0 Å². The van der Waals surface area contributed by atoms with Crippen LogP contribution in [0.5, 0.6) is 0 Å². The third kappa shape index (κ3) is 9.82. The second-order valence-electron chi connectivity index (χ2n) is 6.32. The van der Waals surface area contributed by atoms with Crippen molar-refractivity contribution in [3.63, 3.8) is 0 Å². The molecule has 0 N–H and O–H groups in total. The van der Waals surface area contributed by atoms with Gasteiger partial charge in [-0.05, 0) is 24.7 Å². The number of thiol groups is 1. The number of hydrogen-bond acceptors (Lipinski definition) is 1. The normalized spacial score (nSPS) is 16.3. The maximum Gasteiger partial charge on any atom is 0.00450 e. The van der Waals surface area contributed by atoms with Crippen LogP contribution in [0.2, 0.25) is 0 Å². The Morgan fingerprint density at radius 2 is 1.26 bits per heavy atom. The fourth-order valence-corrected chi connectivity index (χ4v) is 3.52.